The van der Waals surface area contributed by atoms with Crippen LogP contribution in [-0.2, 0) is 51.5 Å². The summed E-state index contributed by atoms with van der Waals surface area (Å²) in [7, 11) is -4.34. The highest BCUT2D eigenvalue weighted by atomic mass is 32.2. The molecule has 1 heterocycles. The van der Waals surface area contributed by atoms with E-state index >= 15 is 0 Å². The molecule has 1 aliphatic rings. The minimum Gasteiger partial charge on any atom is -0.382 e. The molecule has 1 aliphatic heterocycles. The Hall–Kier alpha value is -0.915. The van der Waals surface area contributed by atoms with E-state index in [1.54, 1.807) is 0 Å². The van der Waals surface area contributed by atoms with Crippen LogP contribution in [0, 0.1) is 0 Å². The number of phosphoric ester groups is 1. The van der Waals surface area contributed by atoms with Gasteiger partial charge in [0.2, 0.25) is 17.7 Å². The van der Waals surface area contributed by atoms with Crippen molar-refractivity contribution in [3.8, 4) is 0 Å². The number of ether oxygens (including phenoxy) is 4. The summed E-state index contributed by atoms with van der Waals surface area (Å²) in [6.45, 7) is 3.80. The normalized spacial score (nSPS) is 16.9. The molecule has 3 atom stereocenters. The Balaban J connectivity index is 1.79. The summed E-state index contributed by atoms with van der Waals surface area (Å²) in [5.41, 5.74) is 0. The Labute approximate surface area is 289 Å². The van der Waals surface area contributed by atoms with Crippen LogP contribution in [0.25, 0.3) is 0 Å². The molecule has 0 aromatic carbocycles. The molecule has 0 aromatic heterocycles. The van der Waals surface area contributed by atoms with E-state index in [4.69, 9.17) is 37.8 Å². The lowest BCUT2D eigenvalue weighted by atomic mass is 9.97. The molecule has 0 aliphatic carbocycles. The van der Waals surface area contributed by atoms with E-state index < -0.39 is 16.4 Å². The molecule has 0 aromatic rings. The standard InChI is InChI=1S/C27H54BN3O14P2S/c28-24-6-5-23(45-24)21-43-46(35)42-19-18-41-17-16-40-15-14-39-13-11-31-26(33)8-20-48-22-27(34)30-10-7-25(32)29-9-3-1-2-4-12-44-47(36,37)38/h23-24,35H,1-22,28H2,(H,29,32)(H,30,34)(H,31,33)(H2,36,37,38). The third-order valence-corrected chi connectivity index (χ3v) is 8.72. The van der Waals surface area contributed by atoms with Crippen LogP contribution >= 0.6 is 28.2 Å². The van der Waals surface area contributed by atoms with Crippen LogP contribution in [0.15, 0.2) is 0 Å². The first-order valence-electron chi connectivity index (χ1n) is 16.3. The van der Waals surface area contributed by atoms with Gasteiger partial charge in [0.05, 0.1) is 71.3 Å². The van der Waals surface area contributed by atoms with Crippen molar-refractivity contribution in [3.63, 3.8) is 0 Å². The van der Waals surface area contributed by atoms with Gasteiger partial charge in [0, 0.05) is 44.2 Å². The summed E-state index contributed by atoms with van der Waals surface area (Å²) in [6, 6.07) is 0.233. The van der Waals surface area contributed by atoms with E-state index in [2.05, 4.69) is 20.5 Å². The Morgan fingerprint density at radius 2 is 1.40 bits per heavy atom. The minimum atomic E-state index is -4.41. The van der Waals surface area contributed by atoms with Crippen molar-refractivity contribution < 1.29 is 66.1 Å². The topological polar surface area (TPSA) is 230 Å². The Bertz CT molecular complexity index is 914. The maximum Gasteiger partial charge on any atom is 0.469 e. The zero-order valence-electron chi connectivity index (χ0n) is 27.8. The number of unbranched alkanes of at least 4 members (excludes halogenated alkanes) is 3. The largest absolute Gasteiger partial charge is 0.469 e. The van der Waals surface area contributed by atoms with Gasteiger partial charge in [-0.15, -0.1) is 0 Å². The molecule has 3 unspecified atom stereocenters. The van der Waals surface area contributed by atoms with Gasteiger partial charge in [-0.1, -0.05) is 12.8 Å². The average Bonchev–Trinajstić information content (AvgIpc) is 3.46. The second-order valence-corrected chi connectivity index (χ2v) is 14.0. The van der Waals surface area contributed by atoms with E-state index in [0.29, 0.717) is 71.5 Å². The molecule has 21 heteroatoms. The van der Waals surface area contributed by atoms with Crippen LogP contribution in [0.1, 0.15) is 51.4 Å². The van der Waals surface area contributed by atoms with Crippen molar-refractivity contribution in [2.24, 2.45) is 0 Å². The van der Waals surface area contributed by atoms with Crippen LogP contribution in [0.4, 0.5) is 0 Å². The predicted octanol–water partition coefficient (Wildman–Crippen LogP) is -0.0415. The summed E-state index contributed by atoms with van der Waals surface area (Å²) >= 11 is 1.33. The van der Waals surface area contributed by atoms with Crippen molar-refractivity contribution in [1.82, 2.24) is 16.0 Å². The molecule has 0 spiro atoms. The van der Waals surface area contributed by atoms with Crippen LogP contribution in [-0.4, -0.2) is 143 Å². The lowest BCUT2D eigenvalue weighted by Gasteiger charge is -2.14. The molecule has 1 rings (SSSR count). The number of hydrogen-bond acceptors (Lipinski definition) is 13. The minimum absolute atomic E-state index is 0.00491. The van der Waals surface area contributed by atoms with Gasteiger partial charge < -0.3 is 58.6 Å². The zero-order chi connectivity index (χ0) is 35.3. The highest BCUT2D eigenvalue weighted by Crippen LogP contribution is 2.36. The Kier molecular flexibility index (Phi) is 28.0. The predicted molar refractivity (Wildman–Crippen MR) is 182 cm³/mol. The van der Waals surface area contributed by atoms with Crippen LogP contribution in [0.5, 0.6) is 0 Å². The SMILES string of the molecule is BC1CCC(COP(O)OCCOCCOCCOCCNC(=O)CCSCC(=O)NCCC(=O)NCCCCCCOP(=O)(O)O)O1. The zero-order valence-corrected chi connectivity index (χ0v) is 30.5. The van der Waals surface area contributed by atoms with Gasteiger partial charge in [-0.3, -0.25) is 18.9 Å². The Morgan fingerprint density at radius 1 is 0.771 bits per heavy atom. The summed E-state index contributed by atoms with van der Waals surface area (Å²) in [5, 5.41) is 8.20. The maximum absolute atomic E-state index is 11.9. The average molecular weight is 750 g/mol. The fourth-order valence-electron chi connectivity index (χ4n) is 4.04. The molecule has 1 fully saturated rings. The number of phosphoric acid groups is 1. The van der Waals surface area contributed by atoms with Crippen molar-refractivity contribution in [2.75, 3.05) is 90.6 Å². The molecule has 280 valence electrons. The van der Waals surface area contributed by atoms with Crippen LogP contribution in [0.3, 0.4) is 0 Å². The van der Waals surface area contributed by atoms with Crippen molar-refractivity contribution in [2.45, 2.75) is 63.5 Å². The van der Waals surface area contributed by atoms with Gasteiger partial charge in [0.1, 0.15) is 7.85 Å². The first kappa shape index (κ1) is 45.1. The molecular weight excluding hydrogens is 695 g/mol. The molecule has 17 nitrogen and oxygen atoms in total. The Morgan fingerprint density at radius 3 is 2.08 bits per heavy atom. The molecule has 1 saturated heterocycles. The lowest BCUT2D eigenvalue weighted by molar-refractivity contribution is -0.122. The van der Waals surface area contributed by atoms with Gasteiger partial charge in [-0.2, -0.15) is 11.8 Å². The molecule has 0 radical (unpaired) electrons. The second kappa shape index (κ2) is 29.8. The third-order valence-electron chi connectivity index (χ3n) is 6.47. The number of rotatable bonds is 32. The van der Waals surface area contributed by atoms with Crippen molar-refractivity contribution in [1.29, 1.82) is 0 Å². The van der Waals surface area contributed by atoms with Gasteiger partial charge in [0.15, 0.2) is 0 Å². The van der Waals surface area contributed by atoms with E-state index in [-0.39, 0.29) is 68.2 Å². The second-order valence-electron chi connectivity index (χ2n) is 10.7. The maximum atomic E-state index is 11.9. The first-order valence-corrected chi connectivity index (χ1v) is 20.1. The van der Waals surface area contributed by atoms with Crippen molar-refractivity contribution in [3.05, 3.63) is 0 Å². The van der Waals surface area contributed by atoms with E-state index in [9.17, 15) is 23.8 Å². The third kappa shape index (κ3) is 30.0. The number of amides is 3. The van der Waals surface area contributed by atoms with E-state index in [0.717, 1.165) is 32.1 Å². The number of thioether (sulfide) groups is 1. The number of nitrogens with one attached hydrogen (secondary N) is 3. The van der Waals surface area contributed by atoms with Gasteiger partial charge in [-0.25, -0.2) is 4.57 Å². The number of carbonyl (C=O) groups excluding carboxylic acids is 3. The van der Waals surface area contributed by atoms with Gasteiger partial charge in [0.25, 0.3) is 0 Å². The number of hydrogen-bond donors (Lipinski definition) is 6. The fourth-order valence-corrected chi connectivity index (χ4v) is 5.76. The van der Waals surface area contributed by atoms with Gasteiger partial charge >= 0.3 is 16.4 Å². The molecule has 0 bridgehead atoms. The smallest absolute Gasteiger partial charge is 0.382 e. The molecule has 48 heavy (non-hydrogen) atoms. The van der Waals surface area contributed by atoms with E-state index in [1.165, 1.54) is 11.8 Å². The summed E-state index contributed by atoms with van der Waals surface area (Å²) in [4.78, 5) is 62.6. The number of carbonyl (C=O) groups is 3. The van der Waals surface area contributed by atoms with Crippen LogP contribution < -0.4 is 16.0 Å². The van der Waals surface area contributed by atoms with Gasteiger partial charge in [-0.05, 0) is 25.7 Å². The highest BCUT2D eigenvalue weighted by molar-refractivity contribution is 7.99. The highest BCUT2D eigenvalue weighted by Gasteiger charge is 2.23. The lowest BCUT2D eigenvalue weighted by Crippen LogP contribution is -2.32. The van der Waals surface area contributed by atoms with E-state index in [1.807, 2.05) is 7.85 Å². The molecule has 6 N–H and O–H groups in total. The molecular formula is C27H54BN3O14P2S. The molecule has 0 saturated carbocycles. The fraction of sp³-hybridized carbons (Fsp3) is 0.889. The summed E-state index contributed by atoms with van der Waals surface area (Å²) in [5.74, 6) is 0.168. The summed E-state index contributed by atoms with van der Waals surface area (Å²) < 4.78 is 47.2. The first-order chi connectivity index (χ1) is 23.0. The quantitative estimate of drug-likeness (QED) is 0.0301. The molecule has 3 amide bonds. The van der Waals surface area contributed by atoms with Crippen LogP contribution in [0.2, 0.25) is 0 Å². The van der Waals surface area contributed by atoms with Crippen molar-refractivity contribution >= 4 is 53.8 Å². The summed E-state index contributed by atoms with van der Waals surface area (Å²) in [6.07, 6.45) is 5.15. The monoisotopic (exact) mass is 749 g/mol.